The first-order valence-corrected chi connectivity index (χ1v) is 11.0. The van der Waals surface area contributed by atoms with Crippen molar-refractivity contribution in [3.8, 4) is 16.2 Å². The second-order valence-corrected chi connectivity index (χ2v) is 8.08. The van der Waals surface area contributed by atoms with Gasteiger partial charge in [-0.3, -0.25) is 4.99 Å². The summed E-state index contributed by atoms with van der Waals surface area (Å²) in [6, 6.07) is 12.5. The molecule has 0 bridgehead atoms. The molecule has 1 aliphatic heterocycles. The average Bonchev–Trinajstić information content (AvgIpc) is 3.45. The first-order valence-electron chi connectivity index (χ1n) is 10.2. The van der Waals surface area contributed by atoms with Crippen LogP contribution in [0.4, 0.5) is 0 Å². The van der Waals surface area contributed by atoms with Gasteiger partial charge in [0.1, 0.15) is 5.75 Å². The standard InChI is InChI=1S/C22H31N3O3S.HI/c1-23-22(24-12-4-13-27-16-19-5-3-14-28-19)25-15-20-10-11-21(29-20)17-6-8-18(26-2)9-7-17;/h6-11,19H,3-5,12-16H2,1-2H3,(H2,23,24,25);1H. The van der Waals surface area contributed by atoms with Crippen LogP contribution in [0.3, 0.4) is 0 Å². The molecule has 0 spiro atoms. The quantitative estimate of drug-likeness (QED) is 0.202. The van der Waals surface area contributed by atoms with Gasteiger partial charge in [-0.1, -0.05) is 0 Å². The molecule has 30 heavy (non-hydrogen) atoms. The number of hydrogen-bond donors (Lipinski definition) is 2. The molecule has 0 amide bonds. The molecular formula is C22H32IN3O3S. The van der Waals surface area contributed by atoms with Crippen LogP contribution in [-0.4, -0.2) is 52.6 Å². The van der Waals surface area contributed by atoms with E-state index in [4.69, 9.17) is 14.2 Å². The zero-order valence-electron chi connectivity index (χ0n) is 17.7. The highest BCUT2D eigenvalue weighted by Crippen LogP contribution is 2.29. The second-order valence-electron chi connectivity index (χ2n) is 6.91. The van der Waals surface area contributed by atoms with Crippen LogP contribution in [0.2, 0.25) is 0 Å². The Morgan fingerprint density at radius 1 is 1.20 bits per heavy atom. The first-order chi connectivity index (χ1) is 14.3. The average molecular weight is 545 g/mol. The first kappa shape index (κ1) is 24.9. The number of thiophene rings is 1. The fraction of sp³-hybridized carbons (Fsp3) is 0.500. The summed E-state index contributed by atoms with van der Waals surface area (Å²) in [6.07, 6.45) is 3.51. The molecule has 1 aliphatic rings. The number of ether oxygens (including phenoxy) is 3. The highest BCUT2D eigenvalue weighted by molar-refractivity contribution is 14.0. The smallest absolute Gasteiger partial charge is 0.191 e. The van der Waals surface area contributed by atoms with Crippen LogP contribution in [0, 0.1) is 0 Å². The predicted octanol–water partition coefficient (Wildman–Crippen LogP) is 4.29. The fourth-order valence-corrected chi connectivity index (χ4v) is 4.10. The molecule has 2 heterocycles. The zero-order valence-corrected chi connectivity index (χ0v) is 20.8. The molecule has 1 fully saturated rings. The maximum Gasteiger partial charge on any atom is 0.191 e. The number of hydrogen-bond acceptors (Lipinski definition) is 5. The monoisotopic (exact) mass is 545 g/mol. The number of benzene rings is 1. The Bertz CT molecular complexity index is 761. The van der Waals surface area contributed by atoms with Crippen LogP contribution < -0.4 is 15.4 Å². The van der Waals surface area contributed by atoms with Crippen molar-refractivity contribution in [2.24, 2.45) is 4.99 Å². The third-order valence-corrected chi connectivity index (χ3v) is 5.91. The summed E-state index contributed by atoms with van der Waals surface area (Å²) < 4.78 is 16.5. The van der Waals surface area contributed by atoms with E-state index in [0.717, 1.165) is 57.3 Å². The minimum absolute atomic E-state index is 0. The van der Waals surface area contributed by atoms with E-state index in [0.29, 0.717) is 12.7 Å². The highest BCUT2D eigenvalue weighted by atomic mass is 127. The van der Waals surface area contributed by atoms with Crippen LogP contribution >= 0.6 is 35.3 Å². The molecular weight excluding hydrogens is 513 g/mol. The van der Waals surface area contributed by atoms with Gasteiger partial charge in [-0.2, -0.15) is 0 Å². The normalized spacial score (nSPS) is 16.2. The minimum atomic E-state index is 0. The van der Waals surface area contributed by atoms with Gasteiger partial charge in [0, 0.05) is 36.6 Å². The van der Waals surface area contributed by atoms with E-state index < -0.39 is 0 Å². The van der Waals surface area contributed by atoms with Crippen molar-refractivity contribution in [1.82, 2.24) is 10.6 Å². The van der Waals surface area contributed by atoms with Crippen molar-refractivity contribution in [2.45, 2.75) is 31.9 Å². The van der Waals surface area contributed by atoms with Gasteiger partial charge in [0.2, 0.25) is 0 Å². The largest absolute Gasteiger partial charge is 0.497 e. The number of methoxy groups -OCH3 is 1. The molecule has 1 atom stereocenters. The predicted molar refractivity (Wildman–Crippen MR) is 134 cm³/mol. The molecule has 0 radical (unpaired) electrons. The number of halogens is 1. The summed E-state index contributed by atoms with van der Waals surface area (Å²) in [5.41, 5.74) is 1.20. The molecule has 3 rings (SSSR count). The lowest BCUT2D eigenvalue weighted by Gasteiger charge is -2.12. The van der Waals surface area contributed by atoms with Crippen LogP contribution in [-0.2, 0) is 16.0 Å². The molecule has 1 aromatic heterocycles. The highest BCUT2D eigenvalue weighted by Gasteiger charge is 2.14. The van der Waals surface area contributed by atoms with E-state index in [9.17, 15) is 0 Å². The molecule has 1 saturated heterocycles. The lowest BCUT2D eigenvalue weighted by atomic mass is 10.2. The van der Waals surface area contributed by atoms with Gasteiger partial charge in [0.15, 0.2) is 5.96 Å². The summed E-state index contributed by atoms with van der Waals surface area (Å²) in [5, 5.41) is 6.71. The van der Waals surface area contributed by atoms with Gasteiger partial charge in [0.25, 0.3) is 0 Å². The molecule has 2 aromatic rings. The van der Waals surface area contributed by atoms with Gasteiger partial charge in [-0.25, -0.2) is 0 Å². The van der Waals surface area contributed by atoms with Gasteiger partial charge in [-0.05, 0) is 61.2 Å². The third-order valence-electron chi connectivity index (χ3n) is 4.78. The van der Waals surface area contributed by atoms with Crippen molar-refractivity contribution in [1.29, 1.82) is 0 Å². The van der Waals surface area contributed by atoms with Crippen LogP contribution in [0.25, 0.3) is 10.4 Å². The minimum Gasteiger partial charge on any atom is -0.497 e. The Labute approximate surface area is 200 Å². The Balaban J connectivity index is 0.00000320. The molecule has 0 saturated carbocycles. The van der Waals surface area contributed by atoms with Crippen molar-refractivity contribution < 1.29 is 14.2 Å². The van der Waals surface area contributed by atoms with E-state index in [1.54, 1.807) is 25.5 Å². The zero-order chi connectivity index (χ0) is 20.3. The number of nitrogens with zero attached hydrogens (tertiary/aromatic N) is 1. The van der Waals surface area contributed by atoms with Gasteiger partial charge in [0.05, 0.1) is 26.4 Å². The van der Waals surface area contributed by atoms with Gasteiger partial charge in [-0.15, -0.1) is 35.3 Å². The van der Waals surface area contributed by atoms with Crippen LogP contribution in [0.5, 0.6) is 5.75 Å². The Morgan fingerprint density at radius 3 is 2.73 bits per heavy atom. The maximum absolute atomic E-state index is 5.69. The van der Waals surface area contributed by atoms with Crippen molar-refractivity contribution in [3.63, 3.8) is 0 Å². The molecule has 8 heteroatoms. The summed E-state index contributed by atoms with van der Waals surface area (Å²) in [4.78, 5) is 6.80. The summed E-state index contributed by atoms with van der Waals surface area (Å²) >= 11 is 1.78. The van der Waals surface area contributed by atoms with E-state index >= 15 is 0 Å². The number of nitrogens with one attached hydrogen (secondary N) is 2. The van der Waals surface area contributed by atoms with Gasteiger partial charge < -0.3 is 24.8 Å². The van der Waals surface area contributed by atoms with Crippen LogP contribution in [0.1, 0.15) is 24.1 Å². The van der Waals surface area contributed by atoms with E-state index in [2.05, 4.69) is 39.9 Å². The SMILES string of the molecule is CN=C(NCCCOCC1CCCO1)NCc1ccc(-c2ccc(OC)cc2)s1.I. The summed E-state index contributed by atoms with van der Waals surface area (Å²) in [5.74, 6) is 1.68. The number of rotatable bonds is 10. The number of guanidine groups is 1. The molecule has 2 N–H and O–H groups in total. The second kappa shape index (κ2) is 13.8. The Morgan fingerprint density at radius 2 is 2.03 bits per heavy atom. The van der Waals surface area contributed by atoms with E-state index in [1.165, 1.54) is 15.3 Å². The maximum atomic E-state index is 5.69. The number of aliphatic imine (C=N–C) groups is 1. The fourth-order valence-electron chi connectivity index (χ4n) is 3.15. The summed E-state index contributed by atoms with van der Waals surface area (Å²) in [7, 11) is 3.48. The topological polar surface area (TPSA) is 64.1 Å². The Hall–Kier alpha value is -1.36. The molecule has 166 valence electrons. The molecule has 1 aromatic carbocycles. The van der Waals surface area contributed by atoms with E-state index in [-0.39, 0.29) is 24.0 Å². The van der Waals surface area contributed by atoms with Crippen LogP contribution in [0.15, 0.2) is 41.4 Å². The third kappa shape index (κ3) is 8.05. The van der Waals surface area contributed by atoms with Gasteiger partial charge >= 0.3 is 0 Å². The molecule has 6 nitrogen and oxygen atoms in total. The van der Waals surface area contributed by atoms with Crippen molar-refractivity contribution in [2.75, 3.05) is 40.5 Å². The molecule has 1 unspecified atom stereocenters. The van der Waals surface area contributed by atoms with Crippen molar-refractivity contribution in [3.05, 3.63) is 41.3 Å². The lowest BCUT2D eigenvalue weighted by molar-refractivity contribution is 0.0168. The molecule has 0 aliphatic carbocycles. The Kier molecular flexibility index (Phi) is 11.5. The lowest BCUT2D eigenvalue weighted by Crippen LogP contribution is -2.37. The van der Waals surface area contributed by atoms with Crippen molar-refractivity contribution >= 4 is 41.3 Å². The van der Waals surface area contributed by atoms with E-state index in [1.807, 2.05) is 12.1 Å². The summed E-state index contributed by atoms with van der Waals surface area (Å²) in [6.45, 7) is 3.90.